The summed E-state index contributed by atoms with van der Waals surface area (Å²) in [6, 6.07) is 4.42. The highest BCUT2D eigenvalue weighted by atomic mass is 16.6. The first kappa shape index (κ1) is 20.7. The maximum absolute atomic E-state index is 12.0. The van der Waals surface area contributed by atoms with Gasteiger partial charge in [-0.1, -0.05) is 6.07 Å². The van der Waals surface area contributed by atoms with Crippen LogP contribution < -0.4 is 4.74 Å². The molecule has 0 heterocycles. The minimum Gasteiger partial charge on any atom is -0.504 e. The van der Waals surface area contributed by atoms with Crippen LogP contribution in [0.2, 0.25) is 0 Å². The Morgan fingerprint density at radius 3 is 2.56 bits per heavy atom. The third kappa shape index (κ3) is 4.76. The number of phenolic OH excluding ortho intramolecular Hbond substituents is 1. The smallest absolute Gasteiger partial charge is 0.338 e. The van der Waals surface area contributed by atoms with E-state index in [0.29, 0.717) is 5.56 Å². The second-order valence-electron chi connectivity index (χ2n) is 6.23. The lowest BCUT2D eigenvalue weighted by molar-refractivity contribution is -0.198. The van der Waals surface area contributed by atoms with Crippen LogP contribution in [0.3, 0.4) is 0 Å². The fourth-order valence-corrected chi connectivity index (χ4v) is 2.87. The molecule has 1 aliphatic carbocycles. The lowest BCUT2D eigenvalue weighted by Crippen LogP contribution is -2.57. The van der Waals surface area contributed by atoms with E-state index in [1.54, 1.807) is 0 Å². The van der Waals surface area contributed by atoms with Crippen LogP contribution in [0.15, 0.2) is 24.3 Å². The van der Waals surface area contributed by atoms with E-state index < -0.39 is 48.7 Å². The summed E-state index contributed by atoms with van der Waals surface area (Å²) >= 11 is 0. The molecule has 27 heavy (non-hydrogen) atoms. The van der Waals surface area contributed by atoms with Crippen molar-refractivity contribution in [3.05, 3.63) is 29.8 Å². The molecule has 148 valence electrons. The van der Waals surface area contributed by atoms with Crippen LogP contribution in [0.25, 0.3) is 6.08 Å². The molecule has 4 atom stereocenters. The molecule has 0 spiro atoms. The van der Waals surface area contributed by atoms with Crippen molar-refractivity contribution < 1.29 is 44.2 Å². The number of carbonyl (C=O) groups is 2. The molecule has 1 aliphatic rings. The number of aromatic hydroxyl groups is 1. The zero-order valence-electron chi connectivity index (χ0n) is 14.9. The van der Waals surface area contributed by atoms with Crippen LogP contribution in [0, 0.1) is 0 Å². The van der Waals surface area contributed by atoms with E-state index in [4.69, 9.17) is 9.47 Å². The first-order chi connectivity index (χ1) is 12.7. The molecule has 0 bridgehead atoms. The largest absolute Gasteiger partial charge is 0.504 e. The van der Waals surface area contributed by atoms with Crippen LogP contribution in [0.1, 0.15) is 18.4 Å². The summed E-state index contributed by atoms with van der Waals surface area (Å²) in [6.45, 7) is 0. The molecule has 9 nitrogen and oxygen atoms in total. The van der Waals surface area contributed by atoms with Gasteiger partial charge in [0.2, 0.25) is 0 Å². The van der Waals surface area contributed by atoms with Crippen molar-refractivity contribution in [3.8, 4) is 11.5 Å². The molecule has 0 aliphatic heterocycles. The Morgan fingerprint density at radius 1 is 1.22 bits per heavy atom. The number of methoxy groups -OCH3 is 2. The van der Waals surface area contributed by atoms with Crippen molar-refractivity contribution in [2.75, 3.05) is 14.2 Å². The number of hydrogen-bond acceptors (Lipinski definition) is 9. The van der Waals surface area contributed by atoms with Gasteiger partial charge in [-0.25, -0.2) is 9.59 Å². The SMILES string of the molecule is COC(=O)[C@]1(O)C[C@@H](O)[C@@H](O)[C@H](OC(=O)C=Cc2ccc(O)c(OC)c2)C1. The molecule has 0 unspecified atom stereocenters. The van der Waals surface area contributed by atoms with Gasteiger partial charge in [-0.05, 0) is 23.8 Å². The highest BCUT2D eigenvalue weighted by Crippen LogP contribution is 2.32. The summed E-state index contributed by atoms with van der Waals surface area (Å²) in [5.41, 5.74) is -1.52. The van der Waals surface area contributed by atoms with Crippen LogP contribution >= 0.6 is 0 Å². The van der Waals surface area contributed by atoms with Gasteiger partial charge in [-0.2, -0.15) is 0 Å². The van der Waals surface area contributed by atoms with E-state index in [-0.39, 0.29) is 11.5 Å². The summed E-state index contributed by atoms with van der Waals surface area (Å²) in [5.74, 6) is -1.67. The topological polar surface area (TPSA) is 143 Å². The monoisotopic (exact) mass is 382 g/mol. The van der Waals surface area contributed by atoms with Crippen molar-refractivity contribution in [1.82, 2.24) is 0 Å². The number of esters is 2. The highest BCUT2D eigenvalue weighted by molar-refractivity contribution is 5.87. The fourth-order valence-electron chi connectivity index (χ4n) is 2.87. The van der Waals surface area contributed by atoms with Crippen LogP contribution in [0.4, 0.5) is 0 Å². The van der Waals surface area contributed by atoms with Gasteiger partial charge in [-0.3, -0.25) is 0 Å². The van der Waals surface area contributed by atoms with Gasteiger partial charge in [-0.15, -0.1) is 0 Å². The molecule has 1 aromatic rings. The summed E-state index contributed by atoms with van der Waals surface area (Å²) in [5, 5.41) is 39.7. The van der Waals surface area contributed by atoms with E-state index >= 15 is 0 Å². The van der Waals surface area contributed by atoms with Crippen LogP contribution in [-0.2, 0) is 19.1 Å². The Balaban J connectivity index is 2.08. The second kappa shape index (κ2) is 8.38. The lowest BCUT2D eigenvalue weighted by atomic mass is 9.79. The molecular formula is C18H22O9. The molecule has 0 radical (unpaired) electrons. The predicted molar refractivity (Wildman–Crippen MR) is 91.8 cm³/mol. The van der Waals surface area contributed by atoms with E-state index in [2.05, 4.69) is 4.74 Å². The minimum absolute atomic E-state index is 0.0568. The molecule has 0 amide bonds. The third-order valence-corrected chi connectivity index (χ3v) is 4.31. The van der Waals surface area contributed by atoms with Gasteiger partial charge in [0.05, 0.1) is 20.3 Å². The summed E-state index contributed by atoms with van der Waals surface area (Å²) in [4.78, 5) is 23.7. The van der Waals surface area contributed by atoms with Gasteiger partial charge in [0.15, 0.2) is 17.1 Å². The van der Waals surface area contributed by atoms with Crippen molar-refractivity contribution in [3.63, 3.8) is 0 Å². The first-order valence-electron chi connectivity index (χ1n) is 8.13. The maximum atomic E-state index is 12.0. The van der Waals surface area contributed by atoms with Gasteiger partial charge < -0.3 is 34.6 Å². The summed E-state index contributed by atoms with van der Waals surface area (Å²) in [6.07, 6.45) is -2.61. The van der Waals surface area contributed by atoms with Gasteiger partial charge >= 0.3 is 11.9 Å². The minimum atomic E-state index is -2.06. The number of rotatable bonds is 5. The maximum Gasteiger partial charge on any atom is 0.338 e. The Morgan fingerprint density at radius 2 is 1.93 bits per heavy atom. The standard InChI is InChI=1S/C18H22O9/c1-25-13-7-10(3-5-11(13)19)4-6-15(21)27-14-9-18(24,17(23)26-2)8-12(20)16(14)22/h3-7,12,14,16,19-20,22,24H,8-9H2,1-2H3/t12-,14-,16-,18+/m1/s1. The average Bonchev–Trinajstić information content (AvgIpc) is 2.64. The van der Waals surface area contributed by atoms with E-state index in [9.17, 15) is 30.0 Å². The normalized spacial score (nSPS) is 28.0. The fraction of sp³-hybridized carbons (Fsp3) is 0.444. The number of aliphatic hydroxyl groups excluding tert-OH is 2. The molecule has 1 fully saturated rings. The van der Waals surface area contributed by atoms with Gasteiger partial charge in [0.25, 0.3) is 0 Å². The van der Waals surface area contributed by atoms with E-state index in [1.807, 2.05) is 0 Å². The number of ether oxygens (including phenoxy) is 3. The molecule has 4 N–H and O–H groups in total. The average molecular weight is 382 g/mol. The van der Waals surface area contributed by atoms with Crippen molar-refractivity contribution in [2.24, 2.45) is 0 Å². The summed E-state index contributed by atoms with van der Waals surface area (Å²) in [7, 11) is 2.46. The Kier molecular flexibility index (Phi) is 6.42. The second-order valence-corrected chi connectivity index (χ2v) is 6.23. The molecule has 9 heteroatoms. The number of phenols is 1. The molecule has 2 rings (SSSR count). The lowest BCUT2D eigenvalue weighted by Gasteiger charge is -2.39. The van der Waals surface area contributed by atoms with Crippen LogP contribution in [0.5, 0.6) is 11.5 Å². The van der Waals surface area contributed by atoms with Crippen molar-refractivity contribution in [1.29, 1.82) is 0 Å². The number of benzene rings is 1. The number of hydrogen-bond donors (Lipinski definition) is 4. The predicted octanol–water partition coefficient (Wildman–Crippen LogP) is -0.255. The Bertz CT molecular complexity index is 730. The van der Waals surface area contributed by atoms with E-state index in [1.165, 1.54) is 31.4 Å². The van der Waals surface area contributed by atoms with Crippen LogP contribution in [-0.4, -0.2) is 70.5 Å². The Labute approximate surface area is 155 Å². The molecule has 0 aromatic heterocycles. The summed E-state index contributed by atoms with van der Waals surface area (Å²) < 4.78 is 14.5. The molecular weight excluding hydrogens is 360 g/mol. The molecule has 1 saturated carbocycles. The first-order valence-corrected chi connectivity index (χ1v) is 8.13. The number of carbonyl (C=O) groups excluding carboxylic acids is 2. The molecule has 1 aromatic carbocycles. The highest BCUT2D eigenvalue weighted by Gasteiger charge is 2.50. The molecule has 0 saturated heterocycles. The van der Waals surface area contributed by atoms with E-state index in [0.717, 1.165) is 13.2 Å². The van der Waals surface area contributed by atoms with Gasteiger partial charge in [0, 0.05) is 18.9 Å². The third-order valence-electron chi connectivity index (χ3n) is 4.31. The number of aliphatic hydroxyl groups is 3. The zero-order chi connectivity index (χ0) is 20.2. The quantitative estimate of drug-likeness (QED) is 0.400. The van der Waals surface area contributed by atoms with Crippen molar-refractivity contribution >= 4 is 18.0 Å². The zero-order valence-corrected chi connectivity index (χ0v) is 14.9. The Hall–Kier alpha value is -2.62. The van der Waals surface area contributed by atoms with Gasteiger partial charge in [0.1, 0.15) is 12.2 Å². The van der Waals surface area contributed by atoms with Crippen molar-refractivity contribution in [2.45, 2.75) is 36.8 Å².